The highest BCUT2D eigenvalue weighted by molar-refractivity contribution is 4.69. The monoisotopic (exact) mass is 199 g/mol. The molecule has 1 aliphatic heterocycles. The van der Waals surface area contributed by atoms with Crippen LogP contribution in [0.4, 0.5) is 0 Å². The van der Waals surface area contributed by atoms with Gasteiger partial charge in [0.25, 0.3) is 0 Å². The van der Waals surface area contributed by atoms with Gasteiger partial charge in [0.15, 0.2) is 0 Å². The van der Waals surface area contributed by atoms with E-state index in [1.165, 1.54) is 32.1 Å². The Hall–Kier alpha value is -0.0800. The van der Waals surface area contributed by atoms with Crippen LogP contribution < -0.4 is 5.73 Å². The summed E-state index contributed by atoms with van der Waals surface area (Å²) in [5, 5.41) is 0. The van der Waals surface area contributed by atoms with Crippen molar-refractivity contribution in [3.63, 3.8) is 0 Å². The van der Waals surface area contributed by atoms with Crippen LogP contribution in [-0.2, 0) is 4.74 Å². The number of hydrogen-bond donors (Lipinski definition) is 1. The van der Waals surface area contributed by atoms with Gasteiger partial charge in [0, 0.05) is 19.3 Å². The fourth-order valence-electron chi connectivity index (χ4n) is 2.21. The summed E-state index contributed by atoms with van der Waals surface area (Å²) in [5.74, 6) is 1.61. The zero-order chi connectivity index (χ0) is 10.4. The second kappa shape index (κ2) is 6.41. The Morgan fingerprint density at radius 1 is 1.29 bits per heavy atom. The molecule has 0 aromatic carbocycles. The molecule has 1 unspecified atom stereocenters. The van der Waals surface area contributed by atoms with E-state index in [9.17, 15) is 0 Å². The van der Waals surface area contributed by atoms with Crippen molar-refractivity contribution in [3.8, 4) is 0 Å². The highest BCUT2D eigenvalue weighted by Crippen LogP contribution is 2.21. The Kier molecular flexibility index (Phi) is 5.49. The van der Waals surface area contributed by atoms with Crippen LogP contribution in [0.2, 0.25) is 0 Å². The van der Waals surface area contributed by atoms with Gasteiger partial charge in [-0.3, -0.25) is 0 Å². The summed E-state index contributed by atoms with van der Waals surface area (Å²) < 4.78 is 5.34. The molecule has 1 heterocycles. The third-order valence-electron chi connectivity index (χ3n) is 3.06. The van der Waals surface area contributed by atoms with Gasteiger partial charge in [0.05, 0.1) is 0 Å². The summed E-state index contributed by atoms with van der Waals surface area (Å²) in [4.78, 5) is 0. The molecule has 0 aromatic rings. The van der Waals surface area contributed by atoms with Crippen molar-refractivity contribution < 1.29 is 4.74 Å². The lowest BCUT2D eigenvalue weighted by atomic mass is 9.91. The molecule has 1 fully saturated rings. The van der Waals surface area contributed by atoms with Gasteiger partial charge in [-0.1, -0.05) is 13.8 Å². The third-order valence-corrected chi connectivity index (χ3v) is 3.06. The predicted octanol–water partition coefficient (Wildman–Crippen LogP) is 2.57. The number of nitrogens with two attached hydrogens (primary N) is 1. The molecule has 14 heavy (non-hydrogen) atoms. The fraction of sp³-hybridized carbons (Fsp3) is 1.00. The van der Waals surface area contributed by atoms with E-state index < -0.39 is 0 Å². The predicted molar refractivity (Wildman–Crippen MR) is 60.2 cm³/mol. The Morgan fingerprint density at radius 2 is 1.93 bits per heavy atom. The van der Waals surface area contributed by atoms with Crippen LogP contribution in [0, 0.1) is 11.8 Å². The Labute approximate surface area is 88.2 Å². The summed E-state index contributed by atoms with van der Waals surface area (Å²) in [6.07, 6.45) is 6.16. The highest BCUT2D eigenvalue weighted by atomic mass is 16.5. The first kappa shape index (κ1) is 12.0. The Balaban J connectivity index is 2.06. The van der Waals surface area contributed by atoms with Crippen LogP contribution in [0.15, 0.2) is 0 Å². The lowest BCUT2D eigenvalue weighted by Gasteiger charge is -2.23. The van der Waals surface area contributed by atoms with Crippen molar-refractivity contribution >= 4 is 0 Å². The van der Waals surface area contributed by atoms with E-state index in [2.05, 4.69) is 13.8 Å². The fourth-order valence-corrected chi connectivity index (χ4v) is 2.21. The molecular formula is C12H25NO. The van der Waals surface area contributed by atoms with Crippen molar-refractivity contribution in [2.24, 2.45) is 17.6 Å². The summed E-state index contributed by atoms with van der Waals surface area (Å²) >= 11 is 0. The van der Waals surface area contributed by atoms with E-state index in [1.54, 1.807) is 0 Å². The standard InChI is InChI=1S/C12H25NO/c1-10(2)9-12(13)4-3-11-5-7-14-8-6-11/h10-12H,3-9,13H2,1-2H3. The van der Waals surface area contributed by atoms with E-state index in [0.29, 0.717) is 6.04 Å². The number of rotatable bonds is 5. The average molecular weight is 199 g/mol. The second-order valence-electron chi connectivity index (χ2n) is 5.02. The van der Waals surface area contributed by atoms with Crippen LogP contribution in [0.3, 0.4) is 0 Å². The highest BCUT2D eigenvalue weighted by Gasteiger charge is 2.15. The molecule has 1 atom stereocenters. The molecule has 0 aromatic heterocycles. The molecule has 0 radical (unpaired) electrons. The van der Waals surface area contributed by atoms with E-state index in [-0.39, 0.29) is 0 Å². The molecule has 84 valence electrons. The van der Waals surface area contributed by atoms with Gasteiger partial charge in [0.1, 0.15) is 0 Å². The summed E-state index contributed by atoms with van der Waals surface area (Å²) in [7, 11) is 0. The quantitative estimate of drug-likeness (QED) is 0.738. The minimum atomic E-state index is 0.415. The first-order valence-electron chi connectivity index (χ1n) is 6.01. The Bertz CT molecular complexity index is 141. The van der Waals surface area contributed by atoms with Gasteiger partial charge < -0.3 is 10.5 Å². The van der Waals surface area contributed by atoms with Crippen molar-refractivity contribution in [2.45, 2.75) is 52.0 Å². The van der Waals surface area contributed by atoms with Crippen LogP contribution in [-0.4, -0.2) is 19.3 Å². The smallest absolute Gasteiger partial charge is 0.0468 e. The van der Waals surface area contributed by atoms with Gasteiger partial charge in [-0.25, -0.2) is 0 Å². The van der Waals surface area contributed by atoms with E-state index >= 15 is 0 Å². The maximum absolute atomic E-state index is 6.06. The molecular weight excluding hydrogens is 174 g/mol. The van der Waals surface area contributed by atoms with Gasteiger partial charge in [-0.15, -0.1) is 0 Å². The summed E-state index contributed by atoms with van der Waals surface area (Å²) in [5.41, 5.74) is 6.06. The van der Waals surface area contributed by atoms with Gasteiger partial charge >= 0.3 is 0 Å². The number of ether oxygens (including phenoxy) is 1. The lowest BCUT2D eigenvalue weighted by molar-refractivity contribution is 0.0626. The first-order chi connectivity index (χ1) is 6.68. The van der Waals surface area contributed by atoms with Crippen molar-refractivity contribution in [1.29, 1.82) is 0 Å². The molecule has 0 aliphatic carbocycles. The molecule has 2 N–H and O–H groups in total. The normalized spacial score (nSPS) is 21.4. The number of hydrogen-bond acceptors (Lipinski definition) is 2. The molecule has 2 heteroatoms. The minimum Gasteiger partial charge on any atom is -0.381 e. The van der Waals surface area contributed by atoms with Gasteiger partial charge in [-0.2, -0.15) is 0 Å². The minimum absolute atomic E-state index is 0.415. The average Bonchev–Trinajstić information content (AvgIpc) is 2.15. The molecule has 0 amide bonds. The van der Waals surface area contributed by atoms with Crippen molar-refractivity contribution in [2.75, 3.05) is 13.2 Å². The van der Waals surface area contributed by atoms with Crippen LogP contribution >= 0.6 is 0 Å². The molecule has 1 saturated heterocycles. The molecule has 0 spiro atoms. The molecule has 1 aliphatic rings. The third kappa shape index (κ3) is 4.97. The molecule has 0 bridgehead atoms. The van der Waals surface area contributed by atoms with Crippen molar-refractivity contribution in [1.82, 2.24) is 0 Å². The Morgan fingerprint density at radius 3 is 2.50 bits per heavy atom. The van der Waals surface area contributed by atoms with Gasteiger partial charge in [0.2, 0.25) is 0 Å². The molecule has 1 rings (SSSR count). The van der Waals surface area contributed by atoms with Gasteiger partial charge in [-0.05, 0) is 43.9 Å². The van der Waals surface area contributed by atoms with E-state index in [0.717, 1.165) is 25.0 Å². The molecule has 0 saturated carbocycles. The topological polar surface area (TPSA) is 35.2 Å². The van der Waals surface area contributed by atoms with Crippen LogP contribution in [0.25, 0.3) is 0 Å². The van der Waals surface area contributed by atoms with Crippen molar-refractivity contribution in [3.05, 3.63) is 0 Å². The van der Waals surface area contributed by atoms with E-state index in [4.69, 9.17) is 10.5 Å². The first-order valence-corrected chi connectivity index (χ1v) is 6.01. The maximum Gasteiger partial charge on any atom is 0.0468 e. The second-order valence-corrected chi connectivity index (χ2v) is 5.02. The summed E-state index contributed by atoms with van der Waals surface area (Å²) in [6.45, 7) is 6.41. The maximum atomic E-state index is 6.06. The molecule has 2 nitrogen and oxygen atoms in total. The summed E-state index contributed by atoms with van der Waals surface area (Å²) in [6, 6.07) is 0.415. The SMILES string of the molecule is CC(C)CC(N)CCC1CCOCC1. The lowest BCUT2D eigenvalue weighted by Crippen LogP contribution is -2.24. The van der Waals surface area contributed by atoms with Crippen LogP contribution in [0.5, 0.6) is 0 Å². The van der Waals surface area contributed by atoms with E-state index in [1.807, 2.05) is 0 Å². The zero-order valence-electron chi connectivity index (χ0n) is 9.67. The zero-order valence-corrected chi connectivity index (χ0v) is 9.67. The largest absolute Gasteiger partial charge is 0.381 e. The van der Waals surface area contributed by atoms with Crippen LogP contribution in [0.1, 0.15) is 46.0 Å².